The van der Waals surface area contributed by atoms with Gasteiger partial charge in [0.15, 0.2) is 5.75 Å². The third kappa shape index (κ3) is 3.85. The Bertz CT molecular complexity index is 644. The van der Waals surface area contributed by atoms with Gasteiger partial charge in [0.2, 0.25) is 0 Å². The van der Waals surface area contributed by atoms with Crippen LogP contribution in [0.15, 0.2) is 12.1 Å². The highest BCUT2D eigenvalue weighted by atomic mass is 19.4. The highest BCUT2D eigenvalue weighted by molar-refractivity contribution is 5.55. The number of methoxy groups -OCH3 is 1. The van der Waals surface area contributed by atoms with Crippen LogP contribution in [-0.4, -0.2) is 36.3 Å². The Kier molecular flexibility index (Phi) is 6.47. The third-order valence-electron chi connectivity index (χ3n) is 3.48. The maximum absolute atomic E-state index is 13.5. The number of alkyl halides is 6. The number of halogens is 6. The van der Waals surface area contributed by atoms with Gasteiger partial charge >= 0.3 is 18.0 Å². The van der Waals surface area contributed by atoms with Crippen LogP contribution < -0.4 is 0 Å². The van der Waals surface area contributed by atoms with Gasteiger partial charge in [-0.3, -0.25) is 10.1 Å². The summed E-state index contributed by atoms with van der Waals surface area (Å²) in [4.78, 5) is 9.72. The van der Waals surface area contributed by atoms with Crippen molar-refractivity contribution in [2.24, 2.45) is 0 Å². The number of phenolic OH excluding ortho intramolecular Hbond substituents is 1. The summed E-state index contributed by atoms with van der Waals surface area (Å²) in [6.45, 7) is 0.150. The van der Waals surface area contributed by atoms with Gasteiger partial charge in [-0.25, -0.2) is 0 Å². The predicted octanol–water partition coefficient (Wildman–Crippen LogP) is 4.19. The number of hydrogen-bond acceptors (Lipinski definition) is 5. The van der Waals surface area contributed by atoms with Crippen LogP contribution in [0.4, 0.5) is 32.0 Å². The van der Waals surface area contributed by atoms with Gasteiger partial charge in [0.25, 0.3) is 5.60 Å². The quantitative estimate of drug-likeness (QED) is 0.326. The number of nitro benzene ring substituents is 1. The SMILES string of the molecule is CCCc1cc(C(OCOC)(C(F)(F)F)C(F)(F)F)cc([N+](=O)[O-])c1O. The summed E-state index contributed by atoms with van der Waals surface area (Å²) in [7, 11) is 0.819. The summed E-state index contributed by atoms with van der Waals surface area (Å²) in [6, 6.07) is 0.410. The molecule has 6 nitrogen and oxygen atoms in total. The average molecular weight is 391 g/mol. The molecule has 0 amide bonds. The Morgan fingerprint density at radius 2 is 1.69 bits per heavy atom. The van der Waals surface area contributed by atoms with E-state index in [1.54, 1.807) is 0 Å². The minimum Gasteiger partial charge on any atom is -0.502 e. The monoisotopic (exact) mass is 391 g/mol. The van der Waals surface area contributed by atoms with E-state index >= 15 is 0 Å². The first-order chi connectivity index (χ1) is 11.8. The Balaban J connectivity index is 3.88. The second-order valence-electron chi connectivity index (χ2n) is 5.24. The van der Waals surface area contributed by atoms with Crippen molar-refractivity contribution in [3.8, 4) is 5.75 Å². The van der Waals surface area contributed by atoms with Crippen LogP contribution in [0.5, 0.6) is 5.75 Å². The molecule has 0 spiro atoms. The summed E-state index contributed by atoms with van der Waals surface area (Å²) >= 11 is 0. The van der Waals surface area contributed by atoms with Gasteiger partial charge in [-0.15, -0.1) is 0 Å². The van der Waals surface area contributed by atoms with Crippen LogP contribution >= 0.6 is 0 Å². The second kappa shape index (κ2) is 7.66. The molecule has 0 aromatic heterocycles. The summed E-state index contributed by atoms with van der Waals surface area (Å²) in [6.07, 6.45) is -12.0. The van der Waals surface area contributed by atoms with Crippen LogP contribution in [0.25, 0.3) is 0 Å². The van der Waals surface area contributed by atoms with Crippen molar-refractivity contribution in [2.45, 2.75) is 37.7 Å². The molecule has 0 saturated carbocycles. The first-order valence-electron chi connectivity index (χ1n) is 7.10. The van der Waals surface area contributed by atoms with Crippen molar-refractivity contribution in [1.29, 1.82) is 0 Å². The van der Waals surface area contributed by atoms with Gasteiger partial charge in [-0.1, -0.05) is 13.3 Å². The fourth-order valence-corrected chi connectivity index (χ4v) is 2.36. The Morgan fingerprint density at radius 3 is 2.08 bits per heavy atom. The van der Waals surface area contributed by atoms with E-state index in [9.17, 15) is 41.6 Å². The molecule has 0 aliphatic rings. The maximum Gasteiger partial charge on any atom is 0.430 e. The van der Waals surface area contributed by atoms with E-state index < -0.39 is 52.2 Å². The number of hydrogen-bond donors (Lipinski definition) is 1. The van der Waals surface area contributed by atoms with E-state index in [0.717, 1.165) is 7.11 Å². The van der Waals surface area contributed by atoms with Crippen LogP contribution in [0.1, 0.15) is 24.5 Å². The Labute approximate surface area is 143 Å². The minimum absolute atomic E-state index is 0.00509. The molecule has 0 atom stereocenters. The smallest absolute Gasteiger partial charge is 0.430 e. The van der Waals surface area contributed by atoms with E-state index in [1.165, 1.54) is 6.92 Å². The highest BCUT2D eigenvalue weighted by Crippen LogP contribution is 2.54. The fraction of sp³-hybridized carbons (Fsp3) is 0.571. The number of ether oxygens (including phenoxy) is 2. The molecule has 0 aliphatic carbocycles. The van der Waals surface area contributed by atoms with Crippen molar-refractivity contribution in [1.82, 2.24) is 0 Å². The molecule has 1 N–H and O–H groups in total. The summed E-state index contributed by atoms with van der Waals surface area (Å²) in [5.74, 6) is -0.995. The first-order valence-corrected chi connectivity index (χ1v) is 7.10. The largest absolute Gasteiger partial charge is 0.502 e. The molecule has 1 rings (SSSR count). The lowest BCUT2D eigenvalue weighted by molar-refractivity contribution is -0.402. The van der Waals surface area contributed by atoms with E-state index in [1.807, 2.05) is 0 Å². The van der Waals surface area contributed by atoms with Crippen molar-refractivity contribution in [2.75, 3.05) is 13.9 Å². The molecular formula is C14H15F6NO5. The van der Waals surface area contributed by atoms with E-state index in [4.69, 9.17) is 0 Å². The molecule has 26 heavy (non-hydrogen) atoms. The number of benzene rings is 1. The number of aryl methyl sites for hydroxylation is 1. The first kappa shape index (κ1) is 22.0. The topological polar surface area (TPSA) is 81.8 Å². The van der Waals surface area contributed by atoms with Crippen molar-refractivity contribution < 1.29 is 45.8 Å². The van der Waals surface area contributed by atoms with Gasteiger partial charge in [-0.05, 0) is 12.5 Å². The molecule has 0 bridgehead atoms. The minimum atomic E-state index is -6.02. The standard InChI is InChI=1S/C14H15F6NO5/c1-3-4-8-5-9(6-10(11(8)22)21(23)24)12(13(15,16)17,14(18,19)20)26-7-25-2/h5-6,22H,3-4,7H2,1-2H3. The zero-order chi connectivity index (χ0) is 20.3. The number of phenols is 1. The summed E-state index contributed by atoms with van der Waals surface area (Å²) in [5, 5.41) is 20.8. The molecule has 0 fully saturated rings. The molecule has 1 aromatic rings. The predicted molar refractivity (Wildman–Crippen MR) is 75.5 cm³/mol. The van der Waals surface area contributed by atoms with E-state index in [0.29, 0.717) is 6.07 Å². The lowest BCUT2D eigenvalue weighted by atomic mass is 9.89. The lowest BCUT2D eigenvalue weighted by Crippen LogP contribution is -2.56. The number of rotatable bonds is 7. The molecule has 1 aromatic carbocycles. The van der Waals surface area contributed by atoms with Crippen molar-refractivity contribution >= 4 is 5.69 Å². The summed E-state index contributed by atoms with van der Waals surface area (Å²) in [5.41, 5.74) is -8.15. The number of nitrogens with zero attached hydrogens (tertiary/aromatic N) is 1. The van der Waals surface area contributed by atoms with E-state index in [2.05, 4.69) is 9.47 Å². The van der Waals surface area contributed by atoms with Gasteiger partial charge in [-0.2, -0.15) is 26.3 Å². The average Bonchev–Trinajstić information content (AvgIpc) is 2.47. The molecule has 0 unspecified atom stereocenters. The molecule has 148 valence electrons. The van der Waals surface area contributed by atoms with Crippen LogP contribution in [-0.2, 0) is 21.5 Å². The van der Waals surface area contributed by atoms with Crippen molar-refractivity contribution in [3.05, 3.63) is 33.4 Å². The lowest BCUT2D eigenvalue weighted by Gasteiger charge is -2.37. The number of aromatic hydroxyl groups is 1. The Morgan fingerprint density at radius 1 is 1.15 bits per heavy atom. The molecule has 0 heterocycles. The normalized spacial score (nSPS) is 13.1. The maximum atomic E-state index is 13.5. The van der Waals surface area contributed by atoms with Gasteiger partial charge in [0.1, 0.15) is 6.79 Å². The molecule has 0 saturated heterocycles. The van der Waals surface area contributed by atoms with Crippen LogP contribution in [0.3, 0.4) is 0 Å². The van der Waals surface area contributed by atoms with E-state index in [-0.39, 0.29) is 18.9 Å². The van der Waals surface area contributed by atoms with Gasteiger partial charge in [0, 0.05) is 24.3 Å². The molecule has 12 heteroatoms. The van der Waals surface area contributed by atoms with Crippen LogP contribution in [0, 0.1) is 10.1 Å². The zero-order valence-corrected chi connectivity index (χ0v) is 13.6. The fourth-order valence-electron chi connectivity index (χ4n) is 2.36. The van der Waals surface area contributed by atoms with Crippen LogP contribution in [0.2, 0.25) is 0 Å². The Hall–Kier alpha value is -2.08. The molecular weight excluding hydrogens is 376 g/mol. The van der Waals surface area contributed by atoms with Gasteiger partial charge in [0.05, 0.1) is 4.92 Å². The third-order valence-corrected chi connectivity index (χ3v) is 3.48. The van der Waals surface area contributed by atoms with Crippen molar-refractivity contribution in [3.63, 3.8) is 0 Å². The molecule has 0 radical (unpaired) electrons. The summed E-state index contributed by atoms with van der Waals surface area (Å²) < 4.78 is 89.2. The van der Waals surface area contributed by atoms with Gasteiger partial charge < -0.3 is 14.6 Å². The number of nitro groups is 1. The molecule has 0 aliphatic heterocycles. The highest BCUT2D eigenvalue weighted by Gasteiger charge is 2.74. The zero-order valence-electron chi connectivity index (χ0n) is 13.6. The second-order valence-corrected chi connectivity index (χ2v) is 5.24.